The zero-order valence-electron chi connectivity index (χ0n) is 9.11. The molecule has 1 aromatic rings. The van der Waals surface area contributed by atoms with Gasteiger partial charge >= 0.3 is 0 Å². The Morgan fingerprint density at radius 3 is 2.93 bits per heavy atom. The SMILES string of the molecule is CCCn1ncc(Br)c1C(O)COCC. The highest BCUT2D eigenvalue weighted by atomic mass is 79.9. The standard InChI is InChI=1S/C10H17BrN2O2/c1-3-5-13-10(8(11)6-12-13)9(14)7-15-4-2/h6,9,14H,3-5,7H2,1-2H3. The van der Waals surface area contributed by atoms with Crippen molar-refractivity contribution in [2.45, 2.75) is 32.9 Å². The second-order valence-corrected chi connectivity index (χ2v) is 4.13. The van der Waals surface area contributed by atoms with Crippen LogP contribution in [0.4, 0.5) is 0 Å². The van der Waals surface area contributed by atoms with Crippen molar-refractivity contribution in [3.63, 3.8) is 0 Å². The molecule has 0 fully saturated rings. The normalized spacial score (nSPS) is 13.1. The van der Waals surface area contributed by atoms with Gasteiger partial charge in [0.1, 0.15) is 6.10 Å². The van der Waals surface area contributed by atoms with Crippen molar-refractivity contribution >= 4 is 15.9 Å². The number of aliphatic hydroxyl groups is 1. The Balaban J connectivity index is 2.75. The summed E-state index contributed by atoms with van der Waals surface area (Å²) >= 11 is 3.38. The van der Waals surface area contributed by atoms with Crippen LogP contribution in [0.15, 0.2) is 10.7 Å². The van der Waals surface area contributed by atoms with Gasteiger partial charge in [-0.2, -0.15) is 5.10 Å². The van der Waals surface area contributed by atoms with Crippen LogP contribution in [0.25, 0.3) is 0 Å². The van der Waals surface area contributed by atoms with Crippen LogP contribution in [0.5, 0.6) is 0 Å². The molecule has 0 saturated heterocycles. The fraction of sp³-hybridized carbons (Fsp3) is 0.700. The molecule has 1 heterocycles. The average molecular weight is 277 g/mol. The lowest BCUT2D eigenvalue weighted by molar-refractivity contribution is 0.0368. The molecular weight excluding hydrogens is 260 g/mol. The van der Waals surface area contributed by atoms with Gasteiger partial charge in [0.05, 0.1) is 23.0 Å². The van der Waals surface area contributed by atoms with Gasteiger partial charge < -0.3 is 9.84 Å². The summed E-state index contributed by atoms with van der Waals surface area (Å²) in [7, 11) is 0. The zero-order valence-corrected chi connectivity index (χ0v) is 10.7. The van der Waals surface area contributed by atoms with Crippen molar-refractivity contribution in [1.82, 2.24) is 9.78 Å². The molecule has 15 heavy (non-hydrogen) atoms. The number of aryl methyl sites for hydroxylation is 1. The molecule has 0 aliphatic rings. The Morgan fingerprint density at radius 1 is 1.60 bits per heavy atom. The molecule has 5 heteroatoms. The summed E-state index contributed by atoms with van der Waals surface area (Å²) < 4.78 is 7.84. The first-order valence-corrected chi connectivity index (χ1v) is 5.97. The summed E-state index contributed by atoms with van der Waals surface area (Å²) in [5.41, 5.74) is 0.797. The lowest BCUT2D eigenvalue weighted by atomic mass is 10.2. The Hall–Kier alpha value is -0.390. The molecular formula is C10H17BrN2O2. The molecule has 0 aromatic carbocycles. The molecule has 0 amide bonds. The maximum atomic E-state index is 9.91. The maximum Gasteiger partial charge on any atom is 0.120 e. The predicted molar refractivity (Wildman–Crippen MR) is 61.7 cm³/mol. The van der Waals surface area contributed by atoms with Gasteiger partial charge in [-0.05, 0) is 29.3 Å². The second-order valence-electron chi connectivity index (χ2n) is 3.28. The van der Waals surface area contributed by atoms with Gasteiger partial charge in [-0.25, -0.2) is 0 Å². The molecule has 4 nitrogen and oxygen atoms in total. The van der Waals surface area contributed by atoms with Crippen molar-refractivity contribution in [2.24, 2.45) is 0 Å². The van der Waals surface area contributed by atoms with Crippen LogP contribution in [0.1, 0.15) is 32.1 Å². The number of ether oxygens (including phenoxy) is 1. The summed E-state index contributed by atoms with van der Waals surface area (Å²) in [6.07, 6.45) is 2.08. The molecule has 0 radical (unpaired) electrons. The second kappa shape index (κ2) is 6.25. The Morgan fingerprint density at radius 2 is 2.33 bits per heavy atom. The van der Waals surface area contributed by atoms with Gasteiger partial charge in [-0.3, -0.25) is 4.68 Å². The number of rotatable bonds is 6. The number of aromatic nitrogens is 2. The van der Waals surface area contributed by atoms with E-state index in [2.05, 4.69) is 28.0 Å². The zero-order chi connectivity index (χ0) is 11.3. The first-order valence-electron chi connectivity index (χ1n) is 5.17. The summed E-state index contributed by atoms with van der Waals surface area (Å²) in [6.45, 7) is 5.71. The van der Waals surface area contributed by atoms with Gasteiger partial charge in [0.25, 0.3) is 0 Å². The van der Waals surface area contributed by atoms with Crippen molar-refractivity contribution in [2.75, 3.05) is 13.2 Å². The van der Waals surface area contributed by atoms with Crippen LogP contribution in [0, 0.1) is 0 Å². The van der Waals surface area contributed by atoms with E-state index in [1.165, 1.54) is 0 Å². The smallest absolute Gasteiger partial charge is 0.120 e. The van der Waals surface area contributed by atoms with E-state index in [-0.39, 0.29) is 0 Å². The third-order valence-corrected chi connectivity index (χ3v) is 2.68. The number of nitrogens with zero attached hydrogens (tertiary/aromatic N) is 2. The molecule has 1 atom stereocenters. The van der Waals surface area contributed by atoms with E-state index in [1.54, 1.807) is 6.20 Å². The minimum atomic E-state index is -0.617. The van der Waals surface area contributed by atoms with Crippen LogP contribution in [-0.2, 0) is 11.3 Å². The van der Waals surface area contributed by atoms with Crippen LogP contribution >= 0.6 is 15.9 Å². The lowest BCUT2D eigenvalue weighted by Gasteiger charge is -2.13. The molecule has 1 rings (SSSR count). The molecule has 0 aliphatic heterocycles. The summed E-state index contributed by atoms with van der Waals surface area (Å²) in [6, 6.07) is 0. The topological polar surface area (TPSA) is 47.3 Å². The van der Waals surface area contributed by atoms with E-state index in [4.69, 9.17) is 4.74 Å². The maximum absolute atomic E-state index is 9.91. The number of hydrogen-bond donors (Lipinski definition) is 1. The molecule has 0 aliphatic carbocycles. The van der Waals surface area contributed by atoms with Crippen molar-refractivity contribution < 1.29 is 9.84 Å². The van der Waals surface area contributed by atoms with Crippen LogP contribution in [0.3, 0.4) is 0 Å². The molecule has 1 aromatic heterocycles. The number of hydrogen-bond acceptors (Lipinski definition) is 3. The third-order valence-electron chi connectivity index (χ3n) is 2.06. The largest absolute Gasteiger partial charge is 0.384 e. The van der Waals surface area contributed by atoms with Gasteiger partial charge in [-0.15, -0.1) is 0 Å². The van der Waals surface area contributed by atoms with E-state index >= 15 is 0 Å². The predicted octanol–water partition coefficient (Wildman–Crippen LogP) is 2.13. The van der Waals surface area contributed by atoms with Crippen molar-refractivity contribution in [1.29, 1.82) is 0 Å². The Bertz CT molecular complexity index is 302. The fourth-order valence-corrected chi connectivity index (χ4v) is 1.96. The quantitative estimate of drug-likeness (QED) is 0.866. The summed E-state index contributed by atoms with van der Waals surface area (Å²) in [5, 5.41) is 14.1. The van der Waals surface area contributed by atoms with E-state index in [1.807, 2.05) is 11.6 Å². The van der Waals surface area contributed by atoms with Crippen LogP contribution < -0.4 is 0 Å². The highest BCUT2D eigenvalue weighted by molar-refractivity contribution is 9.10. The van der Waals surface area contributed by atoms with E-state index in [0.717, 1.165) is 23.1 Å². The summed E-state index contributed by atoms with van der Waals surface area (Å²) in [5.74, 6) is 0. The Labute approximate surface area is 98.4 Å². The minimum Gasteiger partial charge on any atom is -0.384 e. The minimum absolute atomic E-state index is 0.310. The van der Waals surface area contributed by atoms with Crippen LogP contribution in [-0.4, -0.2) is 28.1 Å². The highest BCUT2D eigenvalue weighted by Crippen LogP contribution is 2.23. The van der Waals surface area contributed by atoms with Crippen molar-refractivity contribution in [3.8, 4) is 0 Å². The first kappa shape index (κ1) is 12.7. The molecule has 0 bridgehead atoms. The lowest BCUT2D eigenvalue weighted by Crippen LogP contribution is -2.14. The number of halogens is 1. The monoisotopic (exact) mass is 276 g/mol. The Kier molecular flexibility index (Phi) is 5.28. The van der Waals surface area contributed by atoms with Gasteiger partial charge in [0.15, 0.2) is 0 Å². The fourth-order valence-electron chi connectivity index (χ4n) is 1.40. The highest BCUT2D eigenvalue weighted by Gasteiger charge is 2.17. The van der Waals surface area contributed by atoms with Crippen LogP contribution in [0.2, 0.25) is 0 Å². The molecule has 1 N–H and O–H groups in total. The molecule has 0 saturated carbocycles. The third kappa shape index (κ3) is 3.29. The van der Waals surface area contributed by atoms with Crippen molar-refractivity contribution in [3.05, 3.63) is 16.4 Å². The first-order chi connectivity index (χ1) is 7.20. The van der Waals surface area contributed by atoms with Gasteiger partial charge in [0.2, 0.25) is 0 Å². The van der Waals surface area contributed by atoms with E-state index < -0.39 is 6.10 Å². The summed E-state index contributed by atoms with van der Waals surface area (Å²) in [4.78, 5) is 0. The van der Waals surface area contributed by atoms with Gasteiger partial charge in [0, 0.05) is 13.2 Å². The molecule has 86 valence electrons. The number of aliphatic hydroxyl groups excluding tert-OH is 1. The molecule has 0 spiro atoms. The average Bonchev–Trinajstić information content (AvgIpc) is 2.57. The van der Waals surface area contributed by atoms with E-state index in [9.17, 15) is 5.11 Å². The van der Waals surface area contributed by atoms with Gasteiger partial charge in [-0.1, -0.05) is 6.92 Å². The molecule has 1 unspecified atom stereocenters. The van der Waals surface area contributed by atoms with E-state index in [0.29, 0.717) is 13.2 Å².